The smallest absolute Gasteiger partial charge is 0.226 e. The van der Waals surface area contributed by atoms with Crippen molar-refractivity contribution in [1.29, 1.82) is 0 Å². The topological polar surface area (TPSA) is 62.6 Å². The second kappa shape index (κ2) is 10.5. The summed E-state index contributed by atoms with van der Waals surface area (Å²) in [6, 6.07) is 14.0. The normalized spacial score (nSPS) is 17.1. The van der Waals surface area contributed by atoms with Gasteiger partial charge in [0.25, 0.3) is 0 Å². The molecule has 0 saturated carbocycles. The zero-order chi connectivity index (χ0) is 24.1. The first-order valence-corrected chi connectivity index (χ1v) is 11.8. The monoisotopic (exact) mass is 455 g/mol. The number of aromatic nitrogens is 2. The van der Waals surface area contributed by atoms with E-state index in [9.17, 15) is 0 Å². The van der Waals surface area contributed by atoms with E-state index in [4.69, 9.17) is 9.72 Å². The predicted molar refractivity (Wildman–Crippen MR) is 141 cm³/mol. The molecule has 1 fully saturated rings. The Bertz CT molecular complexity index is 1280. The van der Waals surface area contributed by atoms with E-state index in [0.717, 1.165) is 53.4 Å². The van der Waals surface area contributed by atoms with E-state index in [2.05, 4.69) is 40.6 Å². The zero-order valence-electron chi connectivity index (χ0n) is 20.5. The Morgan fingerprint density at radius 2 is 2.00 bits per heavy atom. The van der Waals surface area contributed by atoms with Gasteiger partial charge in [0.05, 0.1) is 0 Å². The Morgan fingerprint density at radius 3 is 2.71 bits per heavy atom. The van der Waals surface area contributed by atoms with Crippen molar-refractivity contribution >= 4 is 30.3 Å². The van der Waals surface area contributed by atoms with Crippen LogP contribution in [0.4, 0.5) is 11.6 Å². The second-order valence-electron chi connectivity index (χ2n) is 8.99. The van der Waals surface area contributed by atoms with Gasteiger partial charge in [-0.2, -0.15) is 0 Å². The number of aliphatic imine (C=N–C) groups is 1. The van der Waals surface area contributed by atoms with E-state index in [1.165, 1.54) is 12.0 Å². The molecule has 0 radical (unpaired) electrons. The van der Waals surface area contributed by atoms with Crippen molar-refractivity contribution in [3.63, 3.8) is 0 Å². The van der Waals surface area contributed by atoms with Crippen LogP contribution in [-0.4, -0.2) is 29.3 Å². The van der Waals surface area contributed by atoms with E-state index in [1.54, 1.807) is 12.4 Å². The Kier molecular flexibility index (Phi) is 7.26. The molecule has 1 unspecified atom stereocenters. The summed E-state index contributed by atoms with van der Waals surface area (Å²) in [6.07, 6.45) is 5.95. The fourth-order valence-corrected chi connectivity index (χ4v) is 4.12. The number of piperidine rings is 1. The van der Waals surface area contributed by atoms with Crippen molar-refractivity contribution in [2.75, 3.05) is 23.3 Å². The molecule has 0 bridgehead atoms. The van der Waals surface area contributed by atoms with Crippen molar-refractivity contribution in [1.82, 2.24) is 9.97 Å². The molecule has 1 aliphatic heterocycles. The fraction of sp³-hybridized carbons (Fsp3) is 0.321. The van der Waals surface area contributed by atoms with Crippen LogP contribution in [-0.2, 0) is 0 Å². The Balaban J connectivity index is 1.63. The van der Waals surface area contributed by atoms with Gasteiger partial charge in [-0.1, -0.05) is 31.2 Å². The predicted octanol–water partition coefficient (Wildman–Crippen LogP) is 4.80. The van der Waals surface area contributed by atoms with Crippen LogP contribution >= 0.6 is 0 Å². The van der Waals surface area contributed by atoms with Crippen molar-refractivity contribution in [2.45, 2.75) is 40.5 Å². The van der Waals surface area contributed by atoms with Crippen LogP contribution in [0.15, 0.2) is 53.7 Å². The largest absolute Gasteiger partial charge is 0.457 e. The van der Waals surface area contributed by atoms with Gasteiger partial charge in [0.1, 0.15) is 16.8 Å². The summed E-state index contributed by atoms with van der Waals surface area (Å²) in [6.45, 7) is 14.4. The molecule has 1 saturated heterocycles. The van der Waals surface area contributed by atoms with E-state index in [-0.39, 0.29) is 0 Å². The number of benzene rings is 2. The summed E-state index contributed by atoms with van der Waals surface area (Å²) in [7, 11) is 0. The van der Waals surface area contributed by atoms with E-state index >= 15 is 0 Å². The first-order chi connectivity index (χ1) is 16.4. The van der Waals surface area contributed by atoms with Gasteiger partial charge in [-0.05, 0) is 75.4 Å². The lowest BCUT2D eigenvalue weighted by Crippen LogP contribution is -2.39. The molecule has 1 aromatic heterocycles. The number of hydrogen-bond acceptors (Lipinski definition) is 6. The summed E-state index contributed by atoms with van der Waals surface area (Å²) in [5.41, 5.74) is 3.13. The molecule has 4 rings (SSSR count). The van der Waals surface area contributed by atoms with Crippen LogP contribution in [0.25, 0.3) is 12.4 Å². The second-order valence-corrected chi connectivity index (χ2v) is 8.99. The molecule has 6 heteroatoms. The van der Waals surface area contributed by atoms with Crippen LogP contribution in [0.2, 0.25) is 0 Å². The number of rotatable bonds is 6. The van der Waals surface area contributed by atoms with Gasteiger partial charge in [0, 0.05) is 36.4 Å². The fourth-order valence-electron chi connectivity index (χ4n) is 4.12. The minimum atomic E-state index is 0.638. The van der Waals surface area contributed by atoms with E-state index < -0.39 is 0 Å². The quantitative estimate of drug-likeness (QED) is 0.541. The van der Waals surface area contributed by atoms with Gasteiger partial charge < -0.3 is 15.0 Å². The standard InChI is InChI=1S/C28H33N5O/c1-6-29-27(26-22(5)17-30-28(32-26)33-15-7-8-20(3)18-33)31-23-11-14-25(21(4)16-23)34-24-12-9-19(2)10-13-24/h6,9-14,16-17,20,31H,5,7-8,15,18H2,1-4H3/b27-26-,29-6?. The summed E-state index contributed by atoms with van der Waals surface area (Å²) in [4.78, 5) is 16.3. The van der Waals surface area contributed by atoms with Crippen LogP contribution in [0.3, 0.4) is 0 Å². The van der Waals surface area contributed by atoms with Crippen LogP contribution < -0.4 is 25.5 Å². The van der Waals surface area contributed by atoms with Gasteiger partial charge in [0.2, 0.25) is 5.95 Å². The molecule has 2 heterocycles. The molecule has 0 amide bonds. The maximum atomic E-state index is 6.07. The van der Waals surface area contributed by atoms with Crippen molar-refractivity contribution in [3.8, 4) is 11.5 Å². The molecule has 34 heavy (non-hydrogen) atoms. The highest BCUT2D eigenvalue weighted by atomic mass is 16.5. The Labute approximate surface area is 201 Å². The highest BCUT2D eigenvalue weighted by molar-refractivity contribution is 5.71. The third-order valence-corrected chi connectivity index (χ3v) is 5.96. The van der Waals surface area contributed by atoms with Gasteiger partial charge in [-0.15, -0.1) is 0 Å². The number of ether oxygens (including phenoxy) is 1. The van der Waals surface area contributed by atoms with Crippen LogP contribution in [0.1, 0.15) is 37.8 Å². The zero-order valence-corrected chi connectivity index (χ0v) is 20.5. The Hall–Kier alpha value is -3.67. The molecule has 176 valence electrons. The lowest BCUT2D eigenvalue weighted by atomic mass is 10.0. The van der Waals surface area contributed by atoms with Crippen LogP contribution in [0, 0.1) is 19.8 Å². The first-order valence-electron chi connectivity index (χ1n) is 11.8. The summed E-state index contributed by atoms with van der Waals surface area (Å²) >= 11 is 0. The molecule has 1 atom stereocenters. The van der Waals surface area contributed by atoms with Crippen molar-refractivity contribution in [2.24, 2.45) is 10.9 Å². The molecule has 1 aliphatic rings. The number of anilines is 2. The van der Waals surface area contributed by atoms with E-state index in [1.807, 2.05) is 56.3 Å². The molecule has 0 spiro atoms. The SMILES string of the molecule is C=c1cnc(N2CCCC(C)C2)n/c1=C(/N=CC)Nc1ccc(Oc2ccc(C)cc2)c(C)c1. The summed E-state index contributed by atoms with van der Waals surface area (Å²) in [5.74, 6) is 3.65. The summed E-state index contributed by atoms with van der Waals surface area (Å²) < 4.78 is 6.07. The number of aryl methyl sites for hydroxylation is 2. The number of nitrogens with zero attached hydrogens (tertiary/aromatic N) is 4. The molecule has 0 aliphatic carbocycles. The molecular weight excluding hydrogens is 422 g/mol. The average Bonchev–Trinajstić information content (AvgIpc) is 2.82. The molecule has 1 N–H and O–H groups in total. The Morgan fingerprint density at radius 1 is 1.21 bits per heavy atom. The highest BCUT2D eigenvalue weighted by Gasteiger charge is 2.18. The number of hydrogen-bond donors (Lipinski definition) is 1. The third kappa shape index (κ3) is 5.63. The van der Waals surface area contributed by atoms with Crippen LogP contribution in [0.5, 0.6) is 11.5 Å². The minimum Gasteiger partial charge on any atom is -0.457 e. The third-order valence-electron chi connectivity index (χ3n) is 5.96. The lowest BCUT2D eigenvalue weighted by Gasteiger charge is -2.30. The van der Waals surface area contributed by atoms with Gasteiger partial charge in [0.15, 0.2) is 5.82 Å². The number of nitrogens with one attached hydrogen (secondary N) is 1. The highest BCUT2D eigenvalue weighted by Crippen LogP contribution is 2.28. The minimum absolute atomic E-state index is 0.638. The molecule has 3 aromatic rings. The van der Waals surface area contributed by atoms with Gasteiger partial charge in [-0.25, -0.2) is 15.0 Å². The molecule has 6 nitrogen and oxygen atoms in total. The maximum absolute atomic E-state index is 6.07. The summed E-state index contributed by atoms with van der Waals surface area (Å²) in [5, 5.41) is 4.87. The molecular formula is C28H33N5O. The van der Waals surface area contributed by atoms with Gasteiger partial charge in [-0.3, -0.25) is 0 Å². The van der Waals surface area contributed by atoms with E-state index in [0.29, 0.717) is 17.1 Å². The van der Waals surface area contributed by atoms with Crippen molar-refractivity contribution < 1.29 is 4.74 Å². The lowest BCUT2D eigenvalue weighted by molar-refractivity contribution is 0.441. The maximum Gasteiger partial charge on any atom is 0.226 e. The van der Waals surface area contributed by atoms with Crippen molar-refractivity contribution in [3.05, 3.63) is 70.4 Å². The average molecular weight is 456 g/mol. The first kappa shape index (κ1) is 23.5. The molecule has 2 aromatic carbocycles. The van der Waals surface area contributed by atoms with Gasteiger partial charge >= 0.3 is 0 Å².